The molecule has 2 N–H and O–H groups in total. The van der Waals surface area contributed by atoms with Crippen molar-refractivity contribution in [1.82, 2.24) is 5.43 Å². The van der Waals surface area contributed by atoms with Crippen LogP contribution in [0, 0.1) is 6.92 Å². The van der Waals surface area contributed by atoms with Gasteiger partial charge in [-0.3, -0.25) is 4.79 Å². The number of hydrogen-bond donors (Lipinski definition) is 2. The molecule has 0 heterocycles. The van der Waals surface area contributed by atoms with Crippen molar-refractivity contribution in [3.05, 3.63) is 87.9 Å². The number of phenolic OH excluding ortho intramolecular Hbond substituents is 1. The second-order valence-electron chi connectivity index (χ2n) is 6.54. The Balaban J connectivity index is 1.67. The van der Waals surface area contributed by atoms with Crippen LogP contribution in [0.2, 0.25) is 0 Å². The molecule has 4 rings (SSSR count). The third kappa shape index (κ3) is 3.37. The average molecular weight is 433 g/mol. The molecule has 5 heteroatoms. The Hall–Kier alpha value is -3.18. The number of nitrogens with one attached hydrogen (secondary N) is 1. The van der Waals surface area contributed by atoms with E-state index in [4.69, 9.17) is 0 Å². The number of carbonyl (C=O) groups is 1. The number of phenols is 1. The van der Waals surface area contributed by atoms with Gasteiger partial charge in [0.25, 0.3) is 5.91 Å². The number of hydrogen-bond acceptors (Lipinski definition) is 3. The molecule has 4 aromatic rings. The number of aromatic hydroxyl groups is 1. The Morgan fingerprint density at radius 3 is 2.64 bits per heavy atom. The van der Waals surface area contributed by atoms with Crippen molar-refractivity contribution >= 4 is 49.6 Å². The fourth-order valence-electron chi connectivity index (χ4n) is 3.34. The van der Waals surface area contributed by atoms with Crippen molar-refractivity contribution in [2.45, 2.75) is 6.92 Å². The topological polar surface area (TPSA) is 61.7 Å². The molecule has 0 spiro atoms. The highest BCUT2D eigenvalue weighted by molar-refractivity contribution is 9.10. The molecule has 1 amide bonds. The molecule has 0 saturated heterocycles. The molecule has 0 unspecified atom stereocenters. The van der Waals surface area contributed by atoms with Crippen molar-refractivity contribution in [3.8, 4) is 5.75 Å². The number of hydrazone groups is 1. The van der Waals surface area contributed by atoms with E-state index < -0.39 is 0 Å². The number of fused-ring (bicyclic) bond motifs is 2. The van der Waals surface area contributed by atoms with Crippen LogP contribution in [0.5, 0.6) is 5.75 Å². The number of benzene rings is 4. The van der Waals surface area contributed by atoms with Gasteiger partial charge in [0.05, 0.1) is 11.8 Å². The fraction of sp³-hybridized carbons (Fsp3) is 0.0435. The van der Waals surface area contributed by atoms with E-state index in [0.29, 0.717) is 11.1 Å². The summed E-state index contributed by atoms with van der Waals surface area (Å²) < 4.78 is 0.952. The maximum absolute atomic E-state index is 12.8. The second-order valence-corrected chi connectivity index (χ2v) is 7.46. The molecule has 0 aliphatic heterocycles. The van der Waals surface area contributed by atoms with E-state index in [1.807, 2.05) is 67.6 Å². The number of carbonyl (C=O) groups excluding carboxylic acids is 1. The number of amides is 1. The quantitative estimate of drug-likeness (QED) is 0.330. The van der Waals surface area contributed by atoms with Gasteiger partial charge in [0.2, 0.25) is 0 Å². The molecule has 0 atom stereocenters. The van der Waals surface area contributed by atoms with Crippen LogP contribution in [0.15, 0.2) is 76.3 Å². The molecule has 28 heavy (non-hydrogen) atoms. The first-order valence-corrected chi connectivity index (χ1v) is 9.57. The maximum atomic E-state index is 12.8. The highest BCUT2D eigenvalue weighted by Gasteiger charge is 2.12. The van der Waals surface area contributed by atoms with Gasteiger partial charge in [0.1, 0.15) is 5.75 Å². The summed E-state index contributed by atoms with van der Waals surface area (Å²) in [7, 11) is 0. The van der Waals surface area contributed by atoms with Crippen molar-refractivity contribution in [1.29, 1.82) is 0 Å². The second kappa shape index (κ2) is 7.44. The molecule has 0 bridgehead atoms. The van der Waals surface area contributed by atoms with E-state index in [9.17, 15) is 9.90 Å². The van der Waals surface area contributed by atoms with Crippen molar-refractivity contribution in [3.63, 3.8) is 0 Å². The maximum Gasteiger partial charge on any atom is 0.272 e. The first kappa shape index (κ1) is 18.2. The van der Waals surface area contributed by atoms with E-state index in [1.54, 1.807) is 6.07 Å². The summed E-state index contributed by atoms with van der Waals surface area (Å²) in [5.41, 5.74) is 4.63. The van der Waals surface area contributed by atoms with Crippen LogP contribution in [-0.2, 0) is 0 Å². The van der Waals surface area contributed by atoms with Gasteiger partial charge in [-0.05, 0) is 52.2 Å². The van der Waals surface area contributed by atoms with E-state index in [0.717, 1.165) is 31.6 Å². The molecular formula is C23H17BrN2O2. The number of rotatable bonds is 3. The van der Waals surface area contributed by atoms with Gasteiger partial charge >= 0.3 is 0 Å². The zero-order chi connectivity index (χ0) is 19.7. The molecule has 4 aromatic carbocycles. The lowest BCUT2D eigenvalue weighted by Crippen LogP contribution is -2.19. The lowest BCUT2D eigenvalue weighted by molar-refractivity contribution is 0.0956. The SMILES string of the molecule is Cc1ccc2ccccc2c1C(=O)N/N=C\c1c(O)ccc2cc(Br)ccc12. The largest absolute Gasteiger partial charge is 0.507 e. The van der Waals surface area contributed by atoms with E-state index in [1.165, 1.54) is 6.21 Å². The highest BCUT2D eigenvalue weighted by atomic mass is 79.9. The van der Waals surface area contributed by atoms with E-state index in [2.05, 4.69) is 26.5 Å². The number of nitrogens with zero attached hydrogens (tertiary/aromatic N) is 1. The summed E-state index contributed by atoms with van der Waals surface area (Å²) in [5, 5.41) is 18.0. The normalized spacial score (nSPS) is 11.4. The minimum Gasteiger partial charge on any atom is -0.507 e. The minimum atomic E-state index is -0.284. The molecule has 0 saturated carbocycles. The van der Waals surface area contributed by atoms with Crippen molar-refractivity contribution in [2.24, 2.45) is 5.10 Å². The zero-order valence-corrected chi connectivity index (χ0v) is 16.7. The molecule has 0 fully saturated rings. The Morgan fingerprint density at radius 2 is 1.79 bits per heavy atom. The minimum absolute atomic E-state index is 0.106. The molecular weight excluding hydrogens is 416 g/mol. The summed E-state index contributed by atoms with van der Waals surface area (Å²) in [5.74, 6) is -0.179. The Kier molecular flexibility index (Phi) is 4.84. The standard InChI is InChI=1S/C23H17BrN2O2/c1-14-6-7-15-4-2-3-5-19(15)22(14)23(28)26-25-13-20-18-10-9-17(24)12-16(18)8-11-21(20)27/h2-13,27H,1H3,(H,26,28)/b25-13-. The number of aryl methyl sites for hydroxylation is 1. The first-order valence-electron chi connectivity index (χ1n) is 8.77. The third-order valence-corrected chi connectivity index (χ3v) is 5.22. The van der Waals surface area contributed by atoms with Crippen LogP contribution in [0.25, 0.3) is 21.5 Å². The predicted octanol–water partition coefficient (Wildman–Crippen LogP) is 5.53. The van der Waals surface area contributed by atoms with Crippen molar-refractivity contribution in [2.75, 3.05) is 0 Å². The van der Waals surface area contributed by atoms with Crippen LogP contribution in [0.1, 0.15) is 21.5 Å². The predicted molar refractivity (Wildman–Crippen MR) is 117 cm³/mol. The average Bonchev–Trinajstić information content (AvgIpc) is 2.69. The lowest BCUT2D eigenvalue weighted by atomic mass is 9.99. The van der Waals surface area contributed by atoms with Crippen LogP contribution in [-0.4, -0.2) is 17.2 Å². The Morgan fingerprint density at radius 1 is 1.00 bits per heavy atom. The highest BCUT2D eigenvalue weighted by Crippen LogP contribution is 2.28. The van der Waals surface area contributed by atoms with Crippen LogP contribution >= 0.6 is 15.9 Å². The summed E-state index contributed by atoms with van der Waals surface area (Å²) in [4.78, 5) is 12.8. The molecule has 0 aliphatic rings. The summed E-state index contributed by atoms with van der Waals surface area (Å²) in [6.07, 6.45) is 1.48. The van der Waals surface area contributed by atoms with E-state index >= 15 is 0 Å². The Bertz CT molecular complexity index is 1250. The Labute approximate surface area is 170 Å². The zero-order valence-electron chi connectivity index (χ0n) is 15.1. The van der Waals surface area contributed by atoms with Gasteiger partial charge in [0, 0.05) is 10.0 Å². The molecule has 138 valence electrons. The summed E-state index contributed by atoms with van der Waals surface area (Å²) in [6.45, 7) is 1.90. The summed E-state index contributed by atoms with van der Waals surface area (Å²) in [6, 6.07) is 20.9. The smallest absolute Gasteiger partial charge is 0.272 e. The summed E-state index contributed by atoms with van der Waals surface area (Å²) >= 11 is 3.45. The first-order chi connectivity index (χ1) is 13.5. The van der Waals surface area contributed by atoms with E-state index in [-0.39, 0.29) is 11.7 Å². The molecule has 0 aromatic heterocycles. The monoisotopic (exact) mass is 432 g/mol. The third-order valence-electron chi connectivity index (χ3n) is 4.72. The fourth-order valence-corrected chi connectivity index (χ4v) is 3.72. The van der Waals surface area contributed by atoms with Gasteiger partial charge in [-0.1, -0.05) is 64.5 Å². The van der Waals surface area contributed by atoms with Gasteiger partial charge in [-0.2, -0.15) is 5.10 Å². The number of halogens is 1. The van der Waals surface area contributed by atoms with Crippen LogP contribution in [0.4, 0.5) is 0 Å². The molecule has 4 nitrogen and oxygen atoms in total. The molecule has 0 aliphatic carbocycles. The van der Waals surface area contributed by atoms with Gasteiger partial charge in [-0.25, -0.2) is 5.43 Å². The van der Waals surface area contributed by atoms with Gasteiger partial charge in [0.15, 0.2) is 0 Å². The van der Waals surface area contributed by atoms with Crippen LogP contribution < -0.4 is 5.43 Å². The molecule has 0 radical (unpaired) electrons. The van der Waals surface area contributed by atoms with Gasteiger partial charge < -0.3 is 5.11 Å². The van der Waals surface area contributed by atoms with Crippen molar-refractivity contribution < 1.29 is 9.90 Å². The van der Waals surface area contributed by atoms with Crippen LogP contribution in [0.3, 0.4) is 0 Å². The lowest BCUT2D eigenvalue weighted by Gasteiger charge is -2.09. The van der Waals surface area contributed by atoms with Gasteiger partial charge in [-0.15, -0.1) is 0 Å².